The van der Waals surface area contributed by atoms with E-state index >= 15 is 0 Å². The Morgan fingerprint density at radius 1 is 1.38 bits per heavy atom. The average molecular weight is 305 g/mol. The Morgan fingerprint density at radius 3 is 2.90 bits per heavy atom. The standard InChI is InChI=1S/C16H17ClN2O2/c1-9-12(16(21)19-14-3-2-4-15(14)20)8-10-7-11(17)5-6-13(10)18-9/h5-8,14-15,20H,2-4H2,1H3,(H,19,21)/t14-,15-/m1/s1. The van der Waals surface area contributed by atoms with E-state index in [1.807, 2.05) is 13.0 Å². The predicted octanol–water partition coefficient (Wildman–Crippen LogP) is 2.84. The summed E-state index contributed by atoms with van der Waals surface area (Å²) in [5, 5.41) is 14.2. The van der Waals surface area contributed by atoms with E-state index in [1.165, 1.54) is 0 Å². The van der Waals surface area contributed by atoms with Crippen LogP contribution in [0.5, 0.6) is 0 Å². The molecule has 1 fully saturated rings. The summed E-state index contributed by atoms with van der Waals surface area (Å²) in [7, 11) is 0. The number of aromatic nitrogens is 1. The minimum atomic E-state index is -0.447. The molecule has 1 saturated carbocycles. The molecular weight excluding hydrogens is 288 g/mol. The number of halogens is 1. The van der Waals surface area contributed by atoms with Crippen LogP contribution >= 0.6 is 11.6 Å². The van der Waals surface area contributed by atoms with E-state index < -0.39 is 6.10 Å². The van der Waals surface area contributed by atoms with Crippen molar-refractivity contribution in [3.63, 3.8) is 0 Å². The van der Waals surface area contributed by atoms with E-state index in [4.69, 9.17) is 11.6 Å². The van der Waals surface area contributed by atoms with E-state index in [2.05, 4.69) is 10.3 Å². The lowest BCUT2D eigenvalue weighted by Crippen LogP contribution is -2.40. The topological polar surface area (TPSA) is 62.2 Å². The van der Waals surface area contributed by atoms with Gasteiger partial charge in [-0.2, -0.15) is 0 Å². The van der Waals surface area contributed by atoms with Crippen LogP contribution in [0.15, 0.2) is 24.3 Å². The van der Waals surface area contributed by atoms with Gasteiger partial charge in [-0.05, 0) is 50.5 Å². The first-order valence-electron chi connectivity index (χ1n) is 7.10. The Kier molecular flexibility index (Phi) is 3.83. The number of pyridine rings is 1. The SMILES string of the molecule is Cc1nc2ccc(Cl)cc2cc1C(=O)N[C@@H]1CCC[C@H]1O. The monoisotopic (exact) mass is 304 g/mol. The number of nitrogens with zero attached hydrogens (tertiary/aromatic N) is 1. The third-order valence-corrected chi connectivity index (χ3v) is 4.24. The van der Waals surface area contributed by atoms with Crippen LogP contribution in [0.2, 0.25) is 5.02 Å². The number of hydrogen-bond donors (Lipinski definition) is 2. The van der Waals surface area contributed by atoms with Gasteiger partial charge in [0.15, 0.2) is 0 Å². The second-order valence-corrected chi connectivity index (χ2v) is 5.97. The number of aliphatic hydroxyl groups is 1. The highest BCUT2D eigenvalue weighted by Gasteiger charge is 2.27. The summed E-state index contributed by atoms with van der Waals surface area (Å²) in [6.07, 6.45) is 2.06. The number of aliphatic hydroxyl groups excluding tert-OH is 1. The molecule has 1 aromatic carbocycles. The maximum atomic E-state index is 12.4. The fraction of sp³-hybridized carbons (Fsp3) is 0.375. The third kappa shape index (κ3) is 2.87. The second kappa shape index (κ2) is 5.62. The first-order chi connectivity index (χ1) is 10.0. The number of nitrogens with one attached hydrogen (secondary N) is 1. The van der Waals surface area contributed by atoms with Gasteiger partial charge in [0.2, 0.25) is 0 Å². The van der Waals surface area contributed by atoms with Crippen LogP contribution in [0, 0.1) is 6.92 Å². The number of fused-ring (bicyclic) bond motifs is 1. The molecule has 0 spiro atoms. The van der Waals surface area contributed by atoms with Crippen LogP contribution < -0.4 is 5.32 Å². The third-order valence-electron chi connectivity index (χ3n) is 4.01. The fourth-order valence-corrected chi connectivity index (χ4v) is 3.01. The summed E-state index contributed by atoms with van der Waals surface area (Å²) >= 11 is 5.99. The van der Waals surface area contributed by atoms with Crippen molar-refractivity contribution in [2.45, 2.75) is 38.3 Å². The summed E-state index contributed by atoms with van der Waals surface area (Å²) < 4.78 is 0. The molecule has 1 heterocycles. The van der Waals surface area contributed by atoms with Gasteiger partial charge in [-0.25, -0.2) is 0 Å². The zero-order valence-corrected chi connectivity index (χ0v) is 12.5. The van der Waals surface area contributed by atoms with E-state index in [9.17, 15) is 9.90 Å². The highest BCUT2D eigenvalue weighted by atomic mass is 35.5. The van der Waals surface area contributed by atoms with Gasteiger partial charge in [0, 0.05) is 10.4 Å². The lowest BCUT2D eigenvalue weighted by atomic mass is 10.1. The van der Waals surface area contributed by atoms with Crippen LogP contribution in [0.4, 0.5) is 0 Å². The van der Waals surface area contributed by atoms with Crippen molar-refractivity contribution in [1.82, 2.24) is 10.3 Å². The van der Waals surface area contributed by atoms with Crippen molar-refractivity contribution < 1.29 is 9.90 Å². The zero-order valence-electron chi connectivity index (χ0n) is 11.8. The van der Waals surface area contributed by atoms with Crippen LogP contribution in [-0.2, 0) is 0 Å². The van der Waals surface area contributed by atoms with Gasteiger partial charge in [0.05, 0.1) is 28.9 Å². The summed E-state index contributed by atoms with van der Waals surface area (Å²) in [6, 6.07) is 7.06. The van der Waals surface area contributed by atoms with Crippen LogP contribution in [0.3, 0.4) is 0 Å². The minimum absolute atomic E-state index is 0.160. The summed E-state index contributed by atoms with van der Waals surface area (Å²) in [4.78, 5) is 16.8. The Bertz CT molecular complexity index is 702. The van der Waals surface area contributed by atoms with E-state index in [-0.39, 0.29) is 11.9 Å². The average Bonchev–Trinajstić information content (AvgIpc) is 2.84. The molecule has 1 aliphatic rings. The number of rotatable bonds is 2. The van der Waals surface area contributed by atoms with Gasteiger partial charge in [-0.1, -0.05) is 11.6 Å². The lowest BCUT2D eigenvalue weighted by molar-refractivity contribution is 0.0872. The minimum Gasteiger partial charge on any atom is -0.391 e. The quantitative estimate of drug-likeness (QED) is 0.897. The molecule has 0 unspecified atom stereocenters. The maximum Gasteiger partial charge on any atom is 0.253 e. The van der Waals surface area contributed by atoms with Crippen molar-refractivity contribution in [1.29, 1.82) is 0 Å². The lowest BCUT2D eigenvalue weighted by Gasteiger charge is -2.17. The molecular formula is C16H17ClN2O2. The predicted molar refractivity (Wildman–Crippen MR) is 82.6 cm³/mol. The summed E-state index contributed by atoms with van der Waals surface area (Å²) in [6.45, 7) is 1.81. The van der Waals surface area contributed by atoms with Gasteiger partial charge in [-0.15, -0.1) is 0 Å². The number of benzene rings is 1. The number of hydrogen-bond acceptors (Lipinski definition) is 3. The van der Waals surface area contributed by atoms with E-state index in [0.29, 0.717) is 16.3 Å². The molecule has 2 atom stereocenters. The van der Waals surface area contributed by atoms with E-state index in [0.717, 1.165) is 30.2 Å². The van der Waals surface area contributed by atoms with Gasteiger partial charge in [0.25, 0.3) is 5.91 Å². The molecule has 0 bridgehead atoms. The molecule has 0 radical (unpaired) electrons. The Hall–Kier alpha value is -1.65. The van der Waals surface area contributed by atoms with Gasteiger partial charge in [0.1, 0.15) is 0 Å². The molecule has 2 aromatic rings. The van der Waals surface area contributed by atoms with Gasteiger partial charge >= 0.3 is 0 Å². The molecule has 0 aliphatic heterocycles. The van der Waals surface area contributed by atoms with Crippen LogP contribution in [0.25, 0.3) is 10.9 Å². The number of carbonyl (C=O) groups is 1. The van der Waals surface area contributed by atoms with Crippen molar-refractivity contribution in [2.24, 2.45) is 0 Å². The molecule has 110 valence electrons. The van der Waals surface area contributed by atoms with Gasteiger partial charge < -0.3 is 10.4 Å². The molecule has 3 rings (SSSR count). The fourth-order valence-electron chi connectivity index (χ4n) is 2.83. The van der Waals surface area contributed by atoms with Gasteiger partial charge in [-0.3, -0.25) is 9.78 Å². The smallest absolute Gasteiger partial charge is 0.253 e. The Balaban J connectivity index is 1.91. The molecule has 5 heteroatoms. The normalized spacial score (nSPS) is 21.7. The highest BCUT2D eigenvalue weighted by Crippen LogP contribution is 2.22. The summed E-state index contributed by atoms with van der Waals surface area (Å²) in [5.74, 6) is -0.187. The summed E-state index contributed by atoms with van der Waals surface area (Å²) in [5.41, 5.74) is 2.02. The Morgan fingerprint density at radius 2 is 2.19 bits per heavy atom. The largest absolute Gasteiger partial charge is 0.391 e. The van der Waals surface area contributed by atoms with Crippen molar-refractivity contribution in [3.8, 4) is 0 Å². The molecule has 1 aliphatic carbocycles. The van der Waals surface area contributed by atoms with E-state index in [1.54, 1.807) is 18.2 Å². The molecule has 2 N–H and O–H groups in total. The number of carbonyl (C=O) groups excluding carboxylic acids is 1. The van der Waals surface area contributed by atoms with Crippen LogP contribution in [0.1, 0.15) is 35.3 Å². The molecule has 21 heavy (non-hydrogen) atoms. The molecule has 0 saturated heterocycles. The Labute approximate surface area is 128 Å². The van der Waals surface area contributed by atoms with Crippen molar-refractivity contribution >= 4 is 28.4 Å². The number of amides is 1. The first-order valence-corrected chi connectivity index (χ1v) is 7.48. The van der Waals surface area contributed by atoms with Crippen molar-refractivity contribution in [2.75, 3.05) is 0 Å². The zero-order chi connectivity index (χ0) is 15.0. The first kappa shape index (κ1) is 14.3. The van der Waals surface area contributed by atoms with Crippen LogP contribution in [-0.4, -0.2) is 28.1 Å². The highest BCUT2D eigenvalue weighted by molar-refractivity contribution is 6.31. The number of aryl methyl sites for hydroxylation is 1. The molecule has 1 amide bonds. The van der Waals surface area contributed by atoms with Crippen molar-refractivity contribution in [3.05, 3.63) is 40.5 Å². The maximum absolute atomic E-state index is 12.4. The molecule has 1 aromatic heterocycles. The molecule has 4 nitrogen and oxygen atoms in total. The second-order valence-electron chi connectivity index (χ2n) is 5.54.